The lowest BCUT2D eigenvalue weighted by Crippen LogP contribution is -2.31. The van der Waals surface area contributed by atoms with E-state index < -0.39 is 0 Å². The van der Waals surface area contributed by atoms with Crippen LogP contribution < -0.4 is 5.32 Å². The summed E-state index contributed by atoms with van der Waals surface area (Å²) >= 11 is 7.38. The molecule has 0 aromatic heterocycles. The average Bonchev–Trinajstić information content (AvgIpc) is 2.59. The third-order valence-corrected chi connectivity index (χ3v) is 4.89. The van der Waals surface area contributed by atoms with Gasteiger partial charge in [0.05, 0.1) is 11.3 Å². The van der Waals surface area contributed by atoms with Gasteiger partial charge in [-0.05, 0) is 43.7 Å². The van der Waals surface area contributed by atoms with Crippen molar-refractivity contribution in [3.8, 4) is 0 Å². The van der Waals surface area contributed by atoms with Gasteiger partial charge in [0.15, 0.2) is 0 Å². The SMILES string of the molecule is CC(C)NC(=O)CSc1ccccc1C(=O)N(C)Cc1cccc(Cl)c1. The van der Waals surface area contributed by atoms with Crippen molar-refractivity contribution in [1.29, 1.82) is 0 Å². The van der Waals surface area contributed by atoms with Crippen molar-refractivity contribution in [3.05, 3.63) is 64.7 Å². The van der Waals surface area contributed by atoms with Gasteiger partial charge in [0.1, 0.15) is 0 Å². The average molecular weight is 391 g/mol. The predicted octanol–water partition coefficient (Wildman–Crippen LogP) is 4.23. The van der Waals surface area contributed by atoms with Crippen molar-refractivity contribution in [3.63, 3.8) is 0 Å². The van der Waals surface area contributed by atoms with E-state index in [4.69, 9.17) is 11.6 Å². The first-order valence-electron chi connectivity index (χ1n) is 8.38. The molecule has 0 heterocycles. The quantitative estimate of drug-likeness (QED) is 0.720. The minimum absolute atomic E-state index is 0.0421. The second kappa shape index (κ2) is 9.64. The smallest absolute Gasteiger partial charge is 0.255 e. The molecule has 2 amide bonds. The Balaban J connectivity index is 2.07. The summed E-state index contributed by atoms with van der Waals surface area (Å²) < 4.78 is 0. The van der Waals surface area contributed by atoms with Crippen LogP contribution in [-0.4, -0.2) is 35.6 Å². The maximum Gasteiger partial charge on any atom is 0.255 e. The lowest BCUT2D eigenvalue weighted by Gasteiger charge is -2.19. The van der Waals surface area contributed by atoms with E-state index in [1.807, 2.05) is 50.2 Å². The molecule has 0 bridgehead atoms. The molecule has 1 N–H and O–H groups in total. The third kappa shape index (κ3) is 6.07. The fourth-order valence-corrected chi connectivity index (χ4v) is 3.53. The van der Waals surface area contributed by atoms with Crippen molar-refractivity contribution < 1.29 is 9.59 Å². The summed E-state index contributed by atoms with van der Waals surface area (Å²) in [6, 6.07) is 14.9. The standard InChI is InChI=1S/C20H23ClN2O2S/c1-14(2)22-19(24)13-26-18-10-5-4-9-17(18)20(25)23(3)12-15-7-6-8-16(21)11-15/h4-11,14H,12-13H2,1-3H3,(H,22,24). The van der Waals surface area contributed by atoms with Gasteiger partial charge in [0.25, 0.3) is 5.91 Å². The minimum atomic E-state index is -0.0858. The van der Waals surface area contributed by atoms with Crippen LogP contribution in [0.3, 0.4) is 0 Å². The van der Waals surface area contributed by atoms with Crippen molar-refractivity contribution in [2.24, 2.45) is 0 Å². The van der Waals surface area contributed by atoms with E-state index >= 15 is 0 Å². The maximum atomic E-state index is 12.9. The molecule has 0 saturated carbocycles. The molecular weight excluding hydrogens is 368 g/mol. The van der Waals surface area contributed by atoms with Crippen molar-refractivity contribution in [1.82, 2.24) is 10.2 Å². The molecule has 138 valence electrons. The van der Waals surface area contributed by atoms with Gasteiger partial charge in [0, 0.05) is 29.6 Å². The molecule has 0 saturated heterocycles. The molecule has 2 aromatic rings. The van der Waals surface area contributed by atoms with Gasteiger partial charge in [-0.1, -0.05) is 35.9 Å². The number of hydrogen-bond acceptors (Lipinski definition) is 3. The molecule has 4 nitrogen and oxygen atoms in total. The summed E-state index contributed by atoms with van der Waals surface area (Å²) in [5, 5.41) is 3.50. The second-order valence-corrected chi connectivity index (χ2v) is 7.75. The van der Waals surface area contributed by atoms with Crippen LogP contribution >= 0.6 is 23.4 Å². The summed E-state index contributed by atoms with van der Waals surface area (Å²) in [4.78, 5) is 27.2. The van der Waals surface area contributed by atoms with E-state index in [1.165, 1.54) is 11.8 Å². The Hall–Kier alpha value is -1.98. The Morgan fingerprint density at radius 2 is 1.88 bits per heavy atom. The number of halogens is 1. The summed E-state index contributed by atoms with van der Waals surface area (Å²) in [5.74, 6) is 0.150. The normalized spacial score (nSPS) is 10.7. The maximum absolute atomic E-state index is 12.9. The molecular formula is C20H23ClN2O2S. The van der Waals surface area contributed by atoms with E-state index in [0.29, 0.717) is 17.1 Å². The number of thioether (sulfide) groups is 1. The zero-order valence-electron chi connectivity index (χ0n) is 15.2. The number of carbonyl (C=O) groups is 2. The highest BCUT2D eigenvalue weighted by Crippen LogP contribution is 2.24. The summed E-state index contributed by atoms with van der Waals surface area (Å²) in [6.45, 7) is 4.31. The molecule has 0 aliphatic heterocycles. The Kier molecular flexibility index (Phi) is 7.54. The first kappa shape index (κ1) is 20.3. The van der Waals surface area contributed by atoms with E-state index in [0.717, 1.165) is 10.5 Å². The van der Waals surface area contributed by atoms with Crippen molar-refractivity contribution in [2.45, 2.75) is 31.3 Å². The molecule has 0 spiro atoms. The van der Waals surface area contributed by atoms with E-state index in [2.05, 4.69) is 5.32 Å². The van der Waals surface area contributed by atoms with Crippen LogP contribution in [0, 0.1) is 0 Å². The van der Waals surface area contributed by atoms with Crippen molar-refractivity contribution in [2.75, 3.05) is 12.8 Å². The largest absolute Gasteiger partial charge is 0.353 e. The van der Waals surface area contributed by atoms with Crippen LogP contribution in [0.5, 0.6) is 0 Å². The number of amides is 2. The summed E-state index contributed by atoms with van der Waals surface area (Å²) in [5.41, 5.74) is 1.56. The number of nitrogens with zero attached hydrogens (tertiary/aromatic N) is 1. The Bertz CT molecular complexity index is 780. The Morgan fingerprint density at radius 1 is 1.15 bits per heavy atom. The van der Waals surface area contributed by atoms with Crippen LogP contribution in [0.4, 0.5) is 0 Å². The fourth-order valence-electron chi connectivity index (χ4n) is 2.46. The highest BCUT2D eigenvalue weighted by molar-refractivity contribution is 8.00. The Morgan fingerprint density at radius 3 is 2.58 bits per heavy atom. The molecule has 6 heteroatoms. The number of rotatable bonds is 7. The Labute approximate surface area is 163 Å². The third-order valence-electron chi connectivity index (χ3n) is 3.58. The number of nitrogens with one attached hydrogen (secondary N) is 1. The van der Waals surface area contributed by atoms with Crippen LogP contribution in [0.1, 0.15) is 29.8 Å². The zero-order chi connectivity index (χ0) is 19.1. The van der Waals surface area contributed by atoms with E-state index in [9.17, 15) is 9.59 Å². The number of hydrogen-bond donors (Lipinski definition) is 1. The first-order chi connectivity index (χ1) is 12.4. The lowest BCUT2D eigenvalue weighted by atomic mass is 10.1. The monoisotopic (exact) mass is 390 g/mol. The van der Waals surface area contributed by atoms with Crippen LogP contribution in [0.15, 0.2) is 53.4 Å². The molecule has 0 aliphatic rings. The van der Waals surface area contributed by atoms with Gasteiger partial charge in [-0.2, -0.15) is 0 Å². The molecule has 2 aromatic carbocycles. The predicted molar refractivity (Wildman–Crippen MR) is 108 cm³/mol. The molecule has 0 atom stereocenters. The molecule has 0 aliphatic carbocycles. The molecule has 0 unspecified atom stereocenters. The highest BCUT2D eigenvalue weighted by Gasteiger charge is 2.17. The topological polar surface area (TPSA) is 49.4 Å². The first-order valence-corrected chi connectivity index (χ1v) is 9.74. The number of carbonyl (C=O) groups excluding carboxylic acids is 2. The van der Waals surface area contributed by atoms with Crippen LogP contribution in [-0.2, 0) is 11.3 Å². The molecule has 0 radical (unpaired) electrons. The zero-order valence-corrected chi connectivity index (χ0v) is 16.7. The summed E-state index contributed by atoms with van der Waals surface area (Å²) in [6.07, 6.45) is 0. The molecule has 2 rings (SSSR count). The van der Waals surface area contributed by atoms with Gasteiger partial charge < -0.3 is 10.2 Å². The van der Waals surface area contributed by atoms with Gasteiger partial charge in [-0.25, -0.2) is 0 Å². The van der Waals surface area contributed by atoms with E-state index in [-0.39, 0.29) is 23.6 Å². The van der Waals surface area contributed by atoms with Crippen LogP contribution in [0.25, 0.3) is 0 Å². The van der Waals surface area contributed by atoms with Gasteiger partial charge in [0.2, 0.25) is 5.91 Å². The van der Waals surface area contributed by atoms with Crippen LogP contribution in [0.2, 0.25) is 5.02 Å². The molecule has 0 fully saturated rings. The van der Waals surface area contributed by atoms with Gasteiger partial charge in [-0.15, -0.1) is 11.8 Å². The number of benzene rings is 2. The minimum Gasteiger partial charge on any atom is -0.353 e. The van der Waals surface area contributed by atoms with Gasteiger partial charge >= 0.3 is 0 Å². The second-order valence-electron chi connectivity index (χ2n) is 6.30. The lowest BCUT2D eigenvalue weighted by molar-refractivity contribution is -0.119. The van der Waals surface area contributed by atoms with Gasteiger partial charge in [-0.3, -0.25) is 9.59 Å². The fraction of sp³-hybridized carbons (Fsp3) is 0.300. The summed E-state index contributed by atoms with van der Waals surface area (Å²) in [7, 11) is 1.76. The van der Waals surface area contributed by atoms with Crippen molar-refractivity contribution >= 4 is 35.2 Å². The van der Waals surface area contributed by atoms with E-state index in [1.54, 1.807) is 24.1 Å². The highest BCUT2D eigenvalue weighted by atomic mass is 35.5. The molecule has 26 heavy (non-hydrogen) atoms.